The Labute approximate surface area is 155 Å². The van der Waals surface area contributed by atoms with Crippen LogP contribution in [0.1, 0.15) is 23.5 Å². The van der Waals surface area contributed by atoms with Crippen LogP contribution < -0.4 is 9.72 Å². The Kier molecular flexibility index (Phi) is 4.63. The highest BCUT2D eigenvalue weighted by Crippen LogP contribution is 2.23. The molecule has 27 heavy (non-hydrogen) atoms. The summed E-state index contributed by atoms with van der Waals surface area (Å²) in [6, 6.07) is 11.7. The first kappa shape index (κ1) is 17.6. The summed E-state index contributed by atoms with van der Waals surface area (Å²) in [6.07, 6.45) is 2.91. The number of H-pyrrole nitrogens is 1. The number of nitrogens with zero attached hydrogens (tertiary/aromatic N) is 1. The second-order valence-corrected chi connectivity index (χ2v) is 6.82. The zero-order chi connectivity index (χ0) is 18.9. The van der Waals surface area contributed by atoms with E-state index in [0.29, 0.717) is 31.9 Å². The molecular weight excluding hydrogens is 349 g/mol. The molecule has 0 radical (unpaired) electrons. The number of benzene rings is 1. The van der Waals surface area contributed by atoms with Crippen LogP contribution in [0.3, 0.4) is 0 Å². The summed E-state index contributed by atoms with van der Waals surface area (Å²) in [7, 11) is 0. The van der Waals surface area contributed by atoms with Crippen molar-refractivity contribution in [3.8, 4) is 11.3 Å². The number of imidazole rings is 1. The standard InChI is InChI=1S/C20H20FN3O3/c21-15-6-4-14(5-7-15)17-16-3-1-2-10-24(16)18(22-17)19(26)23-20(13-25)8-11-27-12-9-20/h1-7,10,25H,8-9,11-13H2,(H,23,26)/p+1. The highest BCUT2D eigenvalue weighted by molar-refractivity contribution is 5.92. The third kappa shape index (κ3) is 3.31. The molecule has 1 saturated heterocycles. The number of ether oxygens (including phenoxy) is 1. The minimum atomic E-state index is -0.682. The van der Waals surface area contributed by atoms with Gasteiger partial charge in [-0.3, -0.25) is 4.79 Å². The van der Waals surface area contributed by atoms with Crippen molar-refractivity contribution in [2.45, 2.75) is 18.4 Å². The number of carbonyl (C=O) groups excluding carboxylic acids is 1. The Hall–Kier alpha value is -2.77. The molecule has 3 N–H and O–H groups in total. The number of aromatic amines is 1. The molecule has 1 aliphatic heterocycles. The molecule has 1 amide bonds. The fourth-order valence-electron chi connectivity index (χ4n) is 3.47. The molecular formula is C20H21FN3O3+. The summed E-state index contributed by atoms with van der Waals surface area (Å²) in [5, 5.41) is 12.8. The Morgan fingerprint density at radius 2 is 1.96 bits per heavy atom. The molecule has 0 spiro atoms. The lowest BCUT2D eigenvalue weighted by atomic mass is 9.91. The number of carbonyl (C=O) groups is 1. The SMILES string of the molecule is O=C(NC1(CO)CCOCC1)c1[nH]c(-c2ccc(F)cc2)c2cccc[n+]12. The molecule has 2 aromatic heterocycles. The van der Waals surface area contributed by atoms with E-state index in [1.807, 2.05) is 18.2 Å². The highest BCUT2D eigenvalue weighted by atomic mass is 19.1. The Balaban J connectivity index is 1.73. The molecule has 3 heterocycles. The predicted octanol–water partition coefficient (Wildman–Crippen LogP) is 1.83. The van der Waals surface area contributed by atoms with Gasteiger partial charge in [0.25, 0.3) is 0 Å². The molecule has 140 valence electrons. The number of rotatable bonds is 4. The summed E-state index contributed by atoms with van der Waals surface area (Å²) < 4.78 is 20.4. The van der Waals surface area contributed by atoms with Gasteiger partial charge in [-0.1, -0.05) is 6.07 Å². The van der Waals surface area contributed by atoms with Gasteiger partial charge in [-0.25, -0.2) is 9.37 Å². The molecule has 7 heteroatoms. The van der Waals surface area contributed by atoms with Crippen molar-refractivity contribution in [1.29, 1.82) is 0 Å². The van der Waals surface area contributed by atoms with E-state index in [2.05, 4.69) is 10.3 Å². The zero-order valence-electron chi connectivity index (χ0n) is 14.7. The maximum Gasteiger partial charge on any atom is 0.351 e. The highest BCUT2D eigenvalue weighted by Gasteiger charge is 2.36. The van der Waals surface area contributed by atoms with E-state index < -0.39 is 5.54 Å². The average Bonchev–Trinajstić information content (AvgIpc) is 3.09. The number of hydrogen-bond donors (Lipinski definition) is 3. The fraction of sp³-hybridized carbons (Fsp3) is 0.300. The smallest absolute Gasteiger partial charge is 0.351 e. The van der Waals surface area contributed by atoms with Gasteiger partial charge in [-0.05, 0) is 49.2 Å². The minimum absolute atomic E-state index is 0.143. The van der Waals surface area contributed by atoms with E-state index in [9.17, 15) is 14.3 Å². The number of nitrogens with one attached hydrogen (secondary N) is 2. The van der Waals surface area contributed by atoms with Crippen molar-refractivity contribution in [2.75, 3.05) is 19.8 Å². The lowest BCUT2D eigenvalue weighted by molar-refractivity contribution is -0.514. The van der Waals surface area contributed by atoms with Crippen molar-refractivity contribution in [1.82, 2.24) is 10.3 Å². The van der Waals surface area contributed by atoms with E-state index >= 15 is 0 Å². The van der Waals surface area contributed by atoms with E-state index in [4.69, 9.17) is 4.74 Å². The van der Waals surface area contributed by atoms with Crippen LogP contribution in [0.4, 0.5) is 4.39 Å². The monoisotopic (exact) mass is 370 g/mol. The van der Waals surface area contributed by atoms with Gasteiger partial charge in [0.15, 0.2) is 11.2 Å². The van der Waals surface area contributed by atoms with Crippen LogP contribution in [0, 0.1) is 5.82 Å². The van der Waals surface area contributed by atoms with E-state index in [-0.39, 0.29) is 18.3 Å². The van der Waals surface area contributed by atoms with Gasteiger partial charge < -0.3 is 15.2 Å². The Morgan fingerprint density at radius 3 is 2.67 bits per heavy atom. The summed E-state index contributed by atoms with van der Waals surface area (Å²) in [6.45, 7) is 0.858. The normalized spacial score (nSPS) is 16.4. The second kappa shape index (κ2) is 7.09. The second-order valence-electron chi connectivity index (χ2n) is 6.82. The van der Waals surface area contributed by atoms with Gasteiger partial charge in [-0.15, -0.1) is 0 Å². The van der Waals surface area contributed by atoms with Crippen LogP contribution in [-0.2, 0) is 4.74 Å². The van der Waals surface area contributed by atoms with Crippen LogP contribution in [0.25, 0.3) is 16.8 Å². The maximum absolute atomic E-state index is 13.3. The molecule has 6 nitrogen and oxygen atoms in total. The first-order valence-corrected chi connectivity index (χ1v) is 8.91. The van der Waals surface area contributed by atoms with Crippen molar-refractivity contribution >= 4 is 11.4 Å². The number of halogens is 1. The molecule has 3 aromatic rings. The minimum Gasteiger partial charge on any atom is -0.394 e. The van der Waals surface area contributed by atoms with Gasteiger partial charge in [0.2, 0.25) is 0 Å². The largest absolute Gasteiger partial charge is 0.394 e. The van der Waals surface area contributed by atoms with Gasteiger partial charge >= 0.3 is 11.7 Å². The Morgan fingerprint density at radius 1 is 1.22 bits per heavy atom. The van der Waals surface area contributed by atoms with E-state index in [1.165, 1.54) is 12.1 Å². The van der Waals surface area contributed by atoms with Gasteiger partial charge in [0.1, 0.15) is 5.82 Å². The Bertz CT molecular complexity index is 962. The van der Waals surface area contributed by atoms with Crippen molar-refractivity contribution < 1.29 is 23.4 Å². The lowest BCUT2D eigenvalue weighted by Crippen LogP contribution is -2.55. The number of aliphatic hydroxyl groups excluding tert-OH is 1. The molecule has 0 unspecified atom stereocenters. The fourth-order valence-corrected chi connectivity index (χ4v) is 3.47. The third-order valence-electron chi connectivity index (χ3n) is 5.08. The lowest BCUT2D eigenvalue weighted by Gasteiger charge is -2.35. The average molecular weight is 370 g/mol. The zero-order valence-corrected chi connectivity index (χ0v) is 14.7. The number of aliphatic hydroxyl groups is 1. The summed E-state index contributed by atoms with van der Waals surface area (Å²) in [5.41, 5.74) is 1.63. The number of amides is 1. The van der Waals surface area contributed by atoms with Crippen LogP contribution in [-0.4, -0.2) is 41.4 Å². The van der Waals surface area contributed by atoms with Crippen molar-refractivity contribution in [3.05, 3.63) is 60.3 Å². The van der Waals surface area contributed by atoms with Crippen LogP contribution in [0.15, 0.2) is 48.7 Å². The summed E-state index contributed by atoms with van der Waals surface area (Å²) in [4.78, 5) is 16.2. The summed E-state index contributed by atoms with van der Waals surface area (Å²) in [5.74, 6) is -0.269. The number of aromatic nitrogens is 2. The molecule has 0 atom stereocenters. The van der Waals surface area contributed by atoms with E-state index in [0.717, 1.165) is 16.8 Å². The number of hydrogen-bond acceptors (Lipinski definition) is 3. The van der Waals surface area contributed by atoms with Crippen LogP contribution in [0.2, 0.25) is 0 Å². The van der Waals surface area contributed by atoms with Crippen LogP contribution >= 0.6 is 0 Å². The quantitative estimate of drug-likeness (QED) is 0.613. The van der Waals surface area contributed by atoms with Gasteiger partial charge in [-0.2, -0.15) is 4.40 Å². The predicted molar refractivity (Wildman–Crippen MR) is 96.7 cm³/mol. The maximum atomic E-state index is 13.3. The van der Waals surface area contributed by atoms with Gasteiger partial charge in [0.05, 0.1) is 18.3 Å². The molecule has 1 fully saturated rings. The first-order valence-electron chi connectivity index (χ1n) is 8.91. The first-order chi connectivity index (χ1) is 13.1. The van der Waals surface area contributed by atoms with Crippen molar-refractivity contribution in [3.63, 3.8) is 0 Å². The summed E-state index contributed by atoms with van der Waals surface area (Å²) >= 11 is 0. The van der Waals surface area contributed by atoms with E-state index in [1.54, 1.807) is 22.7 Å². The topological polar surface area (TPSA) is 78.4 Å². The van der Waals surface area contributed by atoms with Gasteiger partial charge in [0, 0.05) is 18.8 Å². The molecule has 1 aliphatic rings. The molecule has 1 aromatic carbocycles. The molecule has 0 saturated carbocycles. The molecule has 4 rings (SSSR count). The molecule has 0 bridgehead atoms. The number of pyridine rings is 1. The number of fused-ring (bicyclic) bond motifs is 1. The van der Waals surface area contributed by atoms with Crippen molar-refractivity contribution in [2.24, 2.45) is 0 Å². The molecule has 0 aliphatic carbocycles. The van der Waals surface area contributed by atoms with Crippen LogP contribution in [0.5, 0.6) is 0 Å². The third-order valence-corrected chi connectivity index (χ3v) is 5.08.